The Morgan fingerprint density at radius 1 is 0.765 bits per heavy atom. The first-order valence-electron chi connectivity index (χ1n) is 10.9. The number of carbonyl (C=O) groups excluding carboxylic acids is 1. The minimum atomic E-state index is -0.255. The highest BCUT2D eigenvalue weighted by Crippen LogP contribution is 2.31. The Kier molecular flexibility index (Phi) is 6.19. The summed E-state index contributed by atoms with van der Waals surface area (Å²) < 4.78 is 5.82. The molecule has 4 aromatic rings. The van der Waals surface area contributed by atoms with Gasteiger partial charge in [-0.1, -0.05) is 72.3 Å². The van der Waals surface area contributed by atoms with Gasteiger partial charge in [-0.05, 0) is 59.7 Å². The molecule has 2 amide bonds. The molecule has 2 N–H and O–H groups in total. The van der Waals surface area contributed by atoms with Gasteiger partial charge in [-0.15, -0.1) is 0 Å². The zero-order valence-corrected chi connectivity index (χ0v) is 19.0. The molecule has 1 aliphatic rings. The van der Waals surface area contributed by atoms with E-state index in [4.69, 9.17) is 16.3 Å². The van der Waals surface area contributed by atoms with E-state index in [9.17, 15) is 4.79 Å². The van der Waals surface area contributed by atoms with Crippen molar-refractivity contribution < 1.29 is 9.53 Å². The summed E-state index contributed by atoms with van der Waals surface area (Å²) in [6.07, 6.45) is 0. The zero-order valence-electron chi connectivity index (χ0n) is 18.2. The highest BCUT2D eigenvalue weighted by Gasteiger charge is 2.27. The van der Waals surface area contributed by atoms with Crippen molar-refractivity contribution in [1.29, 1.82) is 0 Å². The molecule has 0 spiro atoms. The second-order valence-electron chi connectivity index (χ2n) is 7.79. The van der Waals surface area contributed by atoms with Crippen LogP contribution in [-0.2, 0) is 0 Å². The first-order chi connectivity index (χ1) is 16.7. The second-order valence-corrected chi connectivity index (χ2v) is 8.23. The number of nitrogens with one attached hydrogen (secondary N) is 2. The first-order valence-corrected chi connectivity index (χ1v) is 11.3. The van der Waals surface area contributed by atoms with Crippen molar-refractivity contribution in [2.45, 2.75) is 0 Å². The largest absolute Gasteiger partial charge is 0.457 e. The summed E-state index contributed by atoms with van der Waals surface area (Å²) in [5.74, 6) is 1.45. The van der Waals surface area contributed by atoms with Crippen molar-refractivity contribution >= 4 is 34.6 Å². The number of halogens is 1. The summed E-state index contributed by atoms with van der Waals surface area (Å²) in [5, 5.41) is 5.18. The lowest BCUT2D eigenvalue weighted by atomic mass is 10.0. The molecular weight excluding hydrogens is 446 g/mol. The fraction of sp³-hybridized carbons (Fsp3) is 0.0357. The number of ether oxygens (including phenoxy) is 1. The zero-order chi connectivity index (χ0) is 23.3. The van der Waals surface area contributed by atoms with Crippen molar-refractivity contribution in [2.24, 2.45) is 0 Å². The number of hydrazine groups is 1. The molecule has 5 rings (SSSR count). The Labute approximate surface area is 203 Å². The number of para-hydroxylation sites is 1. The van der Waals surface area contributed by atoms with E-state index >= 15 is 0 Å². The molecule has 0 radical (unpaired) electrons. The maximum absolute atomic E-state index is 13.1. The molecule has 168 valence electrons. The lowest BCUT2D eigenvalue weighted by Gasteiger charge is -2.19. The summed E-state index contributed by atoms with van der Waals surface area (Å²) in [5.41, 5.74) is 7.87. The molecule has 0 saturated heterocycles. The minimum absolute atomic E-state index is 0.255. The van der Waals surface area contributed by atoms with Crippen LogP contribution in [-0.4, -0.2) is 17.6 Å². The summed E-state index contributed by atoms with van der Waals surface area (Å²) in [7, 11) is 0. The minimum Gasteiger partial charge on any atom is -0.457 e. The van der Waals surface area contributed by atoms with Crippen LogP contribution in [0.15, 0.2) is 109 Å². The molecule has 34 heavy (non-hydrogen) atoms. The topological polar surface area (TPSA) is 53.6 Å². The van der Waals surface area contributed by atoms with Crippen LogP contribution >= 0.6 is 11.6 Å². The van der Waals surface area contributed by atoms with Crippen LogP contribution in [0.2, 0.25) is 5.02 Å². The predicted molar refractivity (Wildman–Crippen MR) is 137 cm³/mol. The first kappa shape index (κ1) is 21.6. The number of urea groups is 1. The molecule has 0 aliphatic carbocycles. The molecule has 5 nitrogen and oxygen atoms in total. The van der Waals surface area contributed by atoms with E-state index in [0.29, 0.717) is 23.0 Å². The average molecular weight is 468 g/mol. The standard InChI is InChI=1S/C28H22ClN3O2/c29-22-13-11-21(12-14-22)27-26(20-7-3-1-4-8-20)19-32(31-27)28(33)30-23-15-17-25(18-16-23)34-24-9-5-2-6-10-24/h1-18,31H,19H2,(H,30,33). The van der Waals surface area contributed by atoms with Crippen molar-refractivity contribution in [3.63, 3.8) is 0 Å². The number of anilines is 1. The van der Waals surface area contributed by atoms with Gasteiger partial charge in [-0.25, -0.2) is 9.80 Å². The Bertz CT molecular complexity index is 1310. The van der Waals surface area contributed by atoms with Crippen LogP contribution in [0.1, 0.15) is 11.1 Å². The molecule has 0 bridgehead atoms. The molecular formula is C28H22ClN3O2. The summed E-state index contributed by atoms with van der Waals surface area (Å²) in [6, 6.07) is 34.2. The Balaban J connectivity index is 1.30. The Morgan fingerprint density at radius 3 is 2.06 bits per heavy atom. The van der Waals surface area contributed by atoms with Gasteiger partial charge in [0.15, 0.2) is 0 Å². The highest BCUT2D eigenvalue weighted by molar-refractivity contribution is 6.30. The summed E-state index contributed by atoms with van der Waals surface area (Å²) in [4.78, 5) is 13.1. The maximum Gasteiger partial charge on any atom is 0.340 e. The number of nitrogens with zero attached hydrogens (tertiary/aromatic N) is 1. The third-order valence-electron chi connectivity index (χ3n) is 5.45. The van der Waals surface area contributed by atoms with Crippen molar-refractivity contribution in [2.75, 3.05) is 11.9 Å². The smallest absolute Gasteiger partial charge is 0.340 e. The van der Waals surface area contributed by atoms with Crippen LogP contribution < -0.4 is 15.5 Å². The molecule has 0 fully saturated rings. The van der Waals surface area contributed by atoms with Gasteiger partial charge in [0.2, 0.25) is 0 Å². The van der Waals surface area contributed by atoms with Gasteiger partial charge in [0.05, 0.1) is 12.2 Å². The third kappa shape index (κ3) is 4.90. The van der Waals surface area contributed by atoms with Crippen molar-refractivity contribution in [3.05, 3.63) is 125 Å². The maximum atomic E-state index is 13.1. The van der Waals surface area contributed by atoms with Gasteiger partial charge in [0, 0.05) is 16.3 Å². The molecule has 0 saturated carbocycles. The molecule has 0 atom stereocenters. The molecule has 1 heterocycles. The van der Waals surface area contributed by atoms with Crippen molar-refractivity contribution in [3.8, 4) is 11.5 Å². The quantitative estimate of drug-likeness (QED) is 0.330. The number of hydrogen-bond acceptors (Lipinski definition) is 3. The molecule has 0 aromatic heterocycles. The predicted octanol–water partition coefficient (Wildman–Crippen LogP) is 7.05. The van der Waals surface area contributed by atoms with E-state index in [2.05, 4.69) is 10.7 Å². The van der Waals surface area contributed by atoms with E-state index in [1.807, 2.05) is 109 Å². The van der Waals surface area contributed by atoms with Crippen LogP contribution in [0, 0.1) is 0 Å². The van der Waals surface area contributed by atoms with E-state index in [1.54, 1.807) is 5.01 Å². The van der Waals surface area contributed by atoms with Gasteiger partial charge in [0.1, 0.15) is 11.5 Å². The average Bonchev–Trinajstić information content (AvgIpc) is 3.33. The third-order valence-corrected chi connectivity index (χ3v) is 5.70. The normalized spacial score (nSPS) is 12.9. The number of carbonyl (C=O) groups is 1. The van der Waals surface area contributed by atoms with E-state index < -0.39 is 0 Å². The van der Waals surface area contributed by atoms with Crippen LogP contribution in [0.5, 0.6) is 11.5 Å². The van der Waals surface area contributed by atoms with Crippen LogP contribution in [0.25, 0.3) is 11.3 Å². The lowest BCUT2D eigenvalue weighted by molar-refractivity contribution is 0.210. The second kappa shape index (κ2) is 9.73. The summed E-state index contributed by atoms with van der Waals surface area (Å²) >= 11 is 6.08. The number of benzene rings is 4. The SMILES string of the molecule is O=C(Nc1ccc(Oc2ccccc2)cc1)N1CC(c2ccccc2)=C(c2ccc(Cl)cc2)N1. The van der Waals surface area contributed by atoms with Gasteiger partial charge < -0.3 is 10.1 Å². The summed E-state index contributed by atoms with van der Waals surface area (Å²) in [6.45, 7) is 0.420. The van der Waals surface area contributed by atoms with Gasteiger partial charge in [-0.3, -0.25) is 5.43 Å². The highest BCUT2D eigenvalue weighted by atomic mass is 35.5. The number of hydrogen-bond donors (Lipinski definition) is 2. The number of amides is 2. The fourth-order valence-corrected chi connectivity index (χ4v) is 3.88. The van der Waals surface area contributed by atoms with Crippen LogP contribution in [0.3, 0.4) is 0 Å². The van der Waals surface area contributed by atoms with E-state index in [0.717, 1.165) is 28.1 Å². The molecule has 1 aliphatic heterocycles. The Morgan fingerprint density at radius 2 is 1.38 bits per heavy atom. The van der Waals surface area contributed by atoms with Gasteiger partial charge >= 0.3 is 6.03 Å². The molecule has 0 unspecified atom stereocenters. The van der Waals surface area contributed by atoms with E-state index in [1.165, 1.54) is 0 Å². The van der Waals surface area contributed by atoms with Crippen molar-refractivity contribution in [1.82, 2.24) is 10.4 Å². The van der Waals surface area contributed by atoms with Crippen LogP contribution in [0.4, 0.5) is 10.5 Å². The van der Waals surface area contributed by atoms with E-state index in [-0.39, 0.29) is 6.03 Å². The molecule has 6 heteroatoms. The number of rotatable bonds is 5. The van der Waals surface area contributed by atoms with Gasteiger partial charge in [-0.2, -0.15) is 0 Å². The lowest BCUT2D eigenvalue weighted by Crippen LogP contribution is -2.40. The monoisotopic (exact) mass is 467 g/mol. The molecule has 4 aromatic carbocycles. The Hall–Kier alpha value is -4.22. The van der Waals surface area contributed by atoms with Gasteiger partial charge in [0.25, 0.3) is 0 Å². The fourth-order valence-electron chi connectivity index (χ4n) is 3.75.